The van der Waals surface area contributed by atoms with Crippen LogP contribution in [0, 0.1) is 0 Å². The van der Waals surface area contributed by atoms with Crippen molar-refractivity contribution in [1.82, 2.24) is 0 Å². The highest BCUT2D eigenvalue weighted by Gasteiger charge is 2.40. The average molecular weight is 359 g/mol. The first-order chi connectivity index (χ1) is 12.2. The van der Waals surface area contributed by atoms with Crippen molar-refractivity contribution in [2.24, 2.45) is 0 Å². The molecular weight excluding hydrogens is 320 g/mol. The highest BCUT2D eigenvalue weighted by Crippen LogP contribution is 2.19. The van der Waals surface area contributed by atoms with Gasteiger partial charge in [-0.25, -0.2) is 0 Å². The summed E-state index contributed by atoms with van der Waals surface area (Å²) in [5, 5.41) is 28.6. The van der Waals surface area contributed by atoms with E-state index in [2.05, 4.69) is 19.1 Å². The Bertz CT molecular complexity index is 334. The molecule has 1 fully saturated rings. The smallest absolute Gasteiger partial charge is 0.114 e. The Morgan fingerprint density at radius 3 is 2.24 bits per heavy atom. The van der Waals surface area contributed by atoms with E-state index in [1.807, 2.05) is 0 Å². The van der Waals surface area contributed by atoms with Crippen molar-refractivity contribution in [3.05, 3.63) is 12.2 Å². The van der Waals surface area contributed by atoms with Crippen molar-refractivity contribution in [2.45, 2.75) is 95.5 Å². The molecule has 1 aliphatic rings. The van der Waals surface area contributed by atoms with Crippen LogP contribution in [0.1, 0.15) is 71.1 Å². The van der Waals surface area contributed by atoms with Crippen LogP contribution < -0.4 is 0 Å². The van der Waals surface area contributed by atoms with Gasteiger partial charge >= 0.3 is 0 Å². The van der Waals surface area contributed by atoms with E-state index >= 15 is 0 Å². The fourth-order valence-electron chi connectivity index (χ4n) is 3.10. The molecule has 25 heavy (non-hydrogen) atoms. The van der Waals surface area contributed by atoms with Gasteiger partial charge in [0.2, 0.25) is 0 Å². The lowest BCUT2D eigenvalue weighted by Crippen LogP contribution is -2.42. The predicted molar refractivity (Wildman–Crippen MR) is 99.6 cm³/mol. The highest BCUT2D eigenvalue weighted by atomic mass is 16.6. The lowest BCUT2D eigenvalue weighted by molar-refractivity contribution is -0.101. The van der Waals surface area contributed by atoms with Crippen LogP contribution in [0.15, 0.2) is 12.2 Å². The maximum atomic E-state index is 9.79. The van der Waals surface area contributed by atoms with Crippen molar-refractivity contribution in [1.29, 1.82) is 0 Å². The monoisotopic (exact) mass is 358 g/mol. The lowest BCUT2D eigenvalue weighted by atomic mass is 10.1. The van der Waals surface area contributed by atoms with Gasteiger partial charge in [-0.3, -0.25) is 0 Å². The van der Waals surface area contributed by atoms with E-state index in [0.717, 1.165) is 19.3 Å². The molecule has 1 heterocycles. The van der Waals surface area contributed by atoms with E-state index in [0.29, 0.717) is 6.61 Å². The molecule has 0 spiro atoms. The van der Waals surface area contributed by atoms with Crippen molar-refractivity contribution < 1.29 is 24.8 Å². The second-order valence-corrected chi connectivity index (χ2v) is 6.97. The number of rotatable bonds is 15. The Hall–Kier alpha value is -0.460. The van der Waals surface area contributed by atoms with E-state index in [1.165, 1.54) is 44.9 Å². The molecule has 0 amide bonds. The van der Waals surface area contributed by atoms with Crippen molar-refractivity contribution >= 4 is 0 Å². The van der Waals surface area contributed by atoms with E-state index in [-0.39, 0.29) is 13.2 Å². The summed E-state index contributed by atoms with van der Waals surface area (Å²) < 4.78 is 10.9. The molecule has 0 aromatic heterocycles. The van der Waals surface area contributed by atoms with Gasteiger partial charge in [0.1, 0.15) is 24.4 Å². The lowest BCUT2D eigenvalue weighted by Gasteiger charge is -2.24. The van der Waals surface area contributed by atoms with Gasteiger partial charge in [-0.1, -0.05) is 57.6 Å². The summed E-state index contributed by atoms with van der Waals surface area (Å²) in [6, 6.07) is 0. The summed E-state index contributed by atoms with van der Waals surface area (Å²) >= 11 is 0. The fourth-order valence-corrected chi connectivity index (χ4v) is 3.10. The summed E-state index contributed by atoms with van der Waals surface area (Å²) in [6.07, 6.45) is 13.7. The van der Waals surface area contributed by atoms with Gasteiger partial charge in [-0.05, 0) is 25.7 Å². The van der Waals surface area contributed by atoms with Gasteiger partial charge in [0, 0.05) is 6.61 Å². The number of ether oxygens (including phenoxy) is 2. The summed E-state index contributed by atoms with van der Waals surface area (Å²) in [6.45, 7) is 2.63. The zero-order chi connectivity index (χ0) is 18.3. The molecule has 0 unspecified atom stereocenters. The summed E-state index contributed by atoms with van der Waals surface area (Å²) in [7, 11) is 0. The standard InChI is InChI=1S/C20H38O5/c1-2-3-4-5-6-7-8-9-10-11-12-13-14-24-18(15-21)20-19(23)17(22)16-25-20/h10-11,17-23H,2-9,12-16H2,1H3/b11-10+/t17-,18+,19-,20-/m0/s1. The molecule has 148 valence electrons. The zero-order valence-electron chi connectivity index (χ0n) is 15.8. The van der Waals surface area contributed by atoms with E-state index in [9.17, 15) is 15.3 Å². The minimum atomic E-state index is -0.987. The third-order valence-electron chi connectivity index (χ3n) is 4.72. The zero-order valence-corrected chi connectivity index (χ0v) is 15.8. The van der Waals surface area contributed by atoms with Crippen LogP contribution in [0.3, 0.4) is 0 Å². The van der Waals surface area contributed by atoms with Gasteiger partial charge < -0.3 is 24.8 Å². The first-order valence-electron chi connectivity index (χ1n) is 10.1. The van der Waals surface area contributed by atoms with Crippen LogP contribution >= 0.6 is 0 Å². The maximum Gasteiger partial charge on any atom is 0.114 e. The number of allylic oxidation sites excluding steroid dienone is 2. The minimum Gasteiger partial charge on any atom is -0.394 e. The van der Waals surface area contributed by atoms with E-state index in [4.69, 9.17) is 9.47 Å². The molecule has 4 atom stereocenters. The van der Waals surface area contributed by atoms with Crippen LogP contribution in [0.5, 0.6) is 0 Å². The van der Waals surface area contributed by atoms with Crippen molar-refractivity contribution in [2.75, 3.05) is 19.8 Å². The van der Waals surface area contributed by atoms with Gasteiger partial charge in [0.25, 0.3) is 0 Å². The quantitative estimate of drug-likeness (QED) is 0.310. The molecule has 0 aliphatic carbocycles. The molecule has 0 aromatic rings. The average Bonchev–Trinajstić information content (AvgIpc) is 2.95. The van der Waals surface area contributed by atoms with E-state index in [1.54, 1.807) is 0 Å². The van der Waals surface area contributed by atoms with Gasteiger partial charge in [-0.15, -0.1) is 0 Å². The normalized spacial score (nSPS) is 25.0. The molecule has 0 bridgehead atoms. The molecule has 1 rings (SSSR count). The molecule has 5 nitrogen and oxygen atoms in total. The summed E-state index contributed by atoms with van der Waals surface area (Å²) in [4.78, 5) is 0. The van der Waals surface area contributed by atoms with Crippen LogP contribution in [0.2, 0.25) is 0 Å². The van der Waals surface area contributed by atoms with Crippen LogP contribution in [-0.2, 0) is 9.47 Å². The van der Waals surface area contributed by atoms with Gasteiger partial charge in [0.15, 0.2) is 0 Å². The third kappa shape index (κ3) is 9.71. The maximum absolute atomic E-state index is 9.79. The molecule has 1 aliphatic heterocycles. The molecule has 0 saturated carbocycles. The van der Waals surface area contributed by atoms with Crippen LogP contribution in [0.4, 0.5) is 0 Å². The van der Waals surface area contributed by atoms with Crippen LogP contribution in [0.25, 0.3) is 0 Å². The van der Waals surface area contributed by atoms with Gasteiger partial charge in [-0.2, -0.15) is 0 Å². The number of hydrogen-bond donors (Lipinski definition) is 3. The number of hydrogen-bond acceptors (Lipinski definition) is 5. The second kappa shape index (κ2) is 14.7. The SMILES string of the molecule is CCCCCCCCC/C=C/CCCO[C@H](CO)[C@@H]1OC[C@H](O)[C@@H]1O. The largest absolute Gasteiger partial charge is 0.394 e. The summed E-state index contributed by atoms with van der Waals surface area (Å²) in [5.74, 6) is 0. The molecule has 0 aromatic carbocycles. The Balaban J connectivity index is 1.96. The third-order valence-corrected chi connectivity index (χ3v) is 4.72. The fraction of sp³-hybridized carbons (Fsp3) is 0.900. The predicted octanol–water partition coefficient (Wildman–Crippen LogP) is 2.96. The molecular formula is C20H38O5. The molecule has 1 saturated heterocycles. The Kier molecular flexibility index (Phi) is 13.3. The Morgan fingerprint density at radius 2 is 1.64 bits per heavy atom. The first kappa shape index (κ1) is 22.6. The Labute approximate surface area is 153 Å². The second-order valence-electron chi connectivity index (χ2n) is 6.97. The molecule has 5 heteroatoms. The number of aliphatic hydroxyl groups is 3. The first-order valence-corrected chi connectivity index (χ1v) is 10.1. The van der Waals surface area contributed by atoms with Gasteiger partial charge in [0.05, 0.1) is 13.2 Å². The van der Waals surface area contributed by atoms with Crippen molar-refractivity contribution in [3.8, 4) is 0 Å². The number of unbranched alkanes of at least 4 members (excludes halogenated alkanes) is 8. The molecule has 3 N–H and O–H groups in total. The molecule has 0 radical (unpaired) electrons. The highest BCUT2D eigenvalue weighted by molar-refractivity contribution is 4.88. The minimum absolute atomic E-state index is 0.0903. The topological polar surface area (TPSA) is 79.2 Å². The van der Waals surface area contributed by atoms with Crippen LogP contribution in [-0.4, -0.2) is 59.6 Å². The van der Waals surface area contributed by atoms with E-state index < -0.39 is 24.4 Å². The summed E-state index contributed by atoms with van der Waals surface area (Å²) in [5.41, 5.74) is 0. The van der Waals surface area contributed by atoms with Crippen molar-refractivity contribution in [3.63, 3.8) is 0 Å². The Morgan fingerprint density at radius 1 is 1.00 bits per heavy atom. The number of aliphatic hydroxyl groups excluding tert-OH is 3.